The molecule has 6 heteroatoms. The molecule has 0 atom stereocenters. The first-order valence-corrected chi connectivity index (χ1v) is 3.12. The Bertz CT molecular complexity index is 363. The Hall–Kier alpha value is -1.50. The van der Waals surface area contributed by atoms with Crippen LogP contribution in [0.5, 0.6) is 0 Å². The minimum Gasteiger partial charge on any atom is -1.00 e. The normalized spacial score (nSPS) is 6.71. The van der Waals surface area contributed by atoms with Crippen LogP contribution in [-0.2, 0) is 4.74 Å². The van der Waals surface area contributed by atoms with Gasteiger partial charge in [-0.05, 0) is 0 Å². The van der Waals surface area contributed by atoms with Crippen molar-refractivity contribution in [1.29, 1.82) is 21.0 Å². The Balaban J connectivity index is -0.000000720. The molecule has 0 rings (SSSR count). The average Bonchev–Trinajstić information content (AvgIpc) is 2.18. The second kappa shape index (κ2) is 8.11. The molecule has 0 aromatic carbocycles. The molecule has 0 aliphatic heterocycles. The van der Waals surface area contributed by atoms with Crippen molar-refractivity contribution in [2.75, 3.05) is 7.11 Å². The van der Waals surface area contributed by atoms with E-state index < -0.39 is 5.92 Å². The standard InChI is InChI=1S/C8H4N4O.Na.H/c1-13-8(6(2-9)3-10)7(4-11)5-12;;/h6H,1H3;;/q;+1;-1. The first-order chi connectivity index (χ1) is 6.24. The summed E-state index contributed by atoms with van der Waals surface area (Å²) < 4.78 is 4.63. The number of nitriles is 4. The summed E-state index contributed by atoms with van der Waals surface area (Å²) in [6.07, 6.45) is 0. The van der Waals surface area contributed by atoms with Gasteiger partial charge in [-0.2, -0.15) is 21.0 Å². The van der Waals surface area contributed by atoms with Crippen LogP contribution in [-0.4, -0.2) is 7.11 Å². The van der Waals surface area contributed by atoms with E-state index in [1.165, 1.54) is 7.11 Å². The van der Waals surface area contributed by atoms with Gasteiger partial charge in [0.15, 0.2) is 17.3 Å². The number of rotatable bonds is 2. The number of methoxy groups -OCH3 is 1. The van der Waals surface area contributed by atoms with E-state index in [9.17, 15) is 0 Å². The van der Waals surface area contributed by atoms with Gasteiger partial charge in [0.1, 0.15) is 12.1 Å². The van der Waals surface area contributed by atoms with Gasteiger partial charge in [-0.15, -0.1) is 0 Å². The number of hydrogen-bond donors (Lipinski definition) is 0. The van der Waals surface area contributed by atoms with Crippen LogP contribution in [0.15, 0.2) is 11.3 Å². The maximum Gasteiger partial charge on any atom is 1.00 e. The van der Waals surface area contributed by atoms with Crippen LogP contribution in [0.25, 0.3) is 0 Å². The quantitative estimate of drug-likeness (QED) is 0.281. The molecule has 5 nitrogen and oxygen atoms in total. The third-order valence-corrected chi connectivity index (χ3v) is 1.21. The number of ether oxygens (including phenoxy) is 1. The molecule has 14 heavy (non-hydrogen) atoms. The second-order valence-corrected chi connectivity index (χ2v) is 1.86. The molecule has 64 valence electrons. The smallest absolute Gasteiger partial charge is 1.00 e. The van der Waals surface area contributed by atoms with Gasteiger partial charge in [-0.1, -0.05) is 0 Å². The number of nitrogens with zero attached hydrogens (tertiary/aromatic N) is 4. The Morgan fingerprint density at radius 3 is 1.79 bits per heavy atom. The third-order valence-electron chi connectivity index (χ3n) is 1.21. The molecule has 0 aromatic rings. The van der Waals surface area contributed by atoms with Crippen molar-refractivity contribution in [3.8, 4) is 24.3 Å². The van der Waals surface area contributed by atoms with E-state index in [1.54, 1.807) is 24.3 Å². The van der Waals surface area contributed by atoms with Gasteiger partial charge >= 0.3 is 29.6 Å². The van der Waals surface area contributed by atoms with Gasteiger partial charge in [0, 0.05) is 0 Å². The van der Waals surface area contributed by atoms with E-state index in [1.807, 2.05) is 0 Å². The monoisotopic (exact) mass is 196 g/mol. The van der Waals surface area contributed by atoms with E-state index >= 15 is 0 Å². The molecule has 0 N–H and O–H groups in total. The van der Waals surface area contributed by atoms with Crippen molar-refractivity contribution in [2.24, 2.45) is 5.92 Å². The van der Waals surface area contributed by atoms with Crippen LogP contribution >= 0.6 is 0 Å². The molecule has 0 spiro atoms. The van der Waals surface area contributed by atoms with Gasteiger partial charge in [-0.25, -0.2) is 0 Å². The van der Waals surface area contributed by atoms with Gasteiger partial charge in [0.05, 0.1) is 19.2 Å². The first-order valence-electron chi connectivity index (χ1n) is 3.12. The van der Waals surface area contributed by atoms with Gasteiger partial charge < -0.3 is 6.16 Å². The van der Waals surface area contributed by atoms with Crippen LogP contribution in [0, 0.1) is 51.2 Å². The molecule has 0 saturated carbocycles. The number of hydrogen-bond acceptors (Lipinski definition) is 5. The van der Waals surface area contributed by atoms with Crippen molar-refractivity contribution in [1.82, 2.24) is 0 Å². The van der Waals surface area contributed by atoms with Crippen LogP contribution in [0.1, 0.15) is 1.43 Å². The molecular formula is C8H5N4NaO. The van der Waals surface area contributed by atoms with Crippen LogP contribution in [0.4, 0.5) is 0 Å². The van der Waals surface area contributed by atoms with Crippen molar-refractivity contribution >= 4 is 0 Å². The molecule has 0 amide bonds. The van der Waals surface area contributed by atoms with Gasteiger partial charge in [-0.3, -0.25) is 0 Å². The Kier molecular flexibility index (Phi) is 8.69. The predicted octanol–water partition coefficient (Wildman–Crippen LogP) is -2.29. The summed E-state index contributed by atoms with van der Waals surface area (Å²) >= 11 is 0. The van der Waals surface area contributed by atoms with Crippen molar-refractivity contribution in [3.63, 3.8) is 0 Å². The fourth-order valence-corrected chi connectivity index (χ4v) is 0.646. The third kappa shape index (κ3) is 3.48. The Labute approximate surface area is 105 Å². The molecule has 0 saturated heterocycles. The summed E-state index contributed by atoms with van der Waals surface area (Å²) in [5, 5.41) is 33.8. The SMILES string of the molecule is COC(=C(C#N)C#N)C(C#N)C#N.[H-].[Na+]. The summed E-state index contributed by atoms with van der Waals surface area (Å²) in [5.74, 6) is -1.41. The van der Waals surface area contributed by atoms with Crippen molar-refractivity contribution in [2.45, 2.75) is 0 Å². The maximum atomic E-state index is 8.46. The molecule has 0 aliphatic rings. The molecule has 0 radical (unpaired) electrons. The minimum atomic E-state index is -1.21. The zero-order valence-electron chi connectivity index (χ0n) is 8.77. The second-order valence-electron chi connectivity index (χ2n) is 1.86. The summed E-state index contributed by atoms with van der Waals surface area (Å²) in [5.41, 5.74) is -0.351. The van der Waals surface area contributed by atoms with E-state index in [0.29, 0.717) is 0 Å². The summed E-state index contributed by atoms with van der Waals surface area (Å²) in [6, 6.07) is 6.30. The Morgan fingerprint density at radius 1 is 1.14 bits per heavy atom. The zero-order valence-corrected chi connectivity index (χ0v) is 9.77. The van der Waals surface area contributed by atoms with Crippen LogP contribution in [0.2, 0.25) is 0 Å². The summed E-state index contributed by atoms with van der Waals surface area (Å²) in [4.78, 5) is 0. The molecule has 0 aromatic heterocycles. The fraction of sp³-hybridized carbons (Fsp3) is 0.250. The largest absolute Gasteiger partial charge is 1.00 e. The summed E-state index contributed by atoms with van der Waals surface area (Å²) in [6.45, 7) is 0. The van der Waals surface area contributed by atoms with Gasteiger partial charge in [0.2, 0.25) is 0 Å². The Morgan fingerprint density at radius 2 is 1.57 bits per heavy atom. The number of allylic oxidation sites excluding steroid dienone is 2. The van der Waals surface area contributed by atoms with Crippen LogP contribution in [0.3, 0.4) is 0 Å². The molecule has 0 unspecified atom stereocenters. The average molecular weight is 196 g/mol. The van der Waals surface area contributed by atoms with Crippen molar-refractivity contribution < 1.29 is 35.7 Å². The fourth-order valence-electron chi connectivity index (χ4n) is 0.646. The minimum absolute atomic E-state index is 0. The van der Waals surface area contributed by atoms with E-state index in [4.69, 9.17) is 21.0 Å². The predicted molar refractivity (Wildman–Crippen MR) is 41.1 cm³/mol. The van der Waals surface area contributed by atoms with E-state index in [-0.39, 0.29) is 42.3 Å². The van der Waals surface area contributed by atoms with Gasteiger partial charge in [0.25, 0.3) is 0 Å². The van der Waals surface area contributed by atoms with E-state index in [2.05, 4.69) is 4.74 Å². The molecule has 0 heterocycles. The molecular weight excluding hydrogens is 191 g/mol. The summed E-state index contributed by atoms with van der Waals surface area (Å²) in [7, 11) is 1.20. The molecule has 0 fully saturated rings. The maximum absolute atomic E-state index is 8.46. The zero-order chi connectivity index (χ0) is 10.3. The topological polar surface area (TPSA) is 104 Å². The molecule has 0 bridgehead atoms. The first kappa shape index (κ1) is 15.0. The van der Waals surface area contributed by atoms with Crippen molar-refractivity contribution in [3.05, 3.63) is 11.3 Å². The molecule has 0 aliphatic carbocycles. The van der Waals surface area contributed by atoms with E-state index in [0.717, 1.165) is 0 Å². The van der Waals surface area contributed by atoms with Crippen LogP contribution < -0.4 is 29.6 Å².